The van der Waals surface area contributed by atoms with Crippen molar-refractivity contribution in [2.75, 3.05) is 5.75 Å². The van der Waals surface area contributed by atoms with Gasteiger partial charge >= 0.3 is 0 Å². The Balaban J connectivity index is 1.18. The van der Waals surface area contributed by atoms with Crippen LogP contribution in [0.25, 0.3) is 21.1 Å². The van der Waals surface area contributed by atoms with Crippen LogP contribution in [0, 0.1) is 0 Å². The van der Waals surface area contributed by atoms with Crippen LogP contribution in [0.2, 0.25) is 0 Å². The number of nitrogens with zero attached hydrogens (tertiary/aromatic N) is 2. The van der Waals surface area contributed by atoms with Crippen molar-refractivity contribution in [3.05, 3.63) is 90.1 Å². The number of aromatic amines is 1. The van der Waals surface area contributed by atoms with Gasteiger partial charge in [-0.05, 0) is 35.9 Å². The number of aromatic nitrogens is 2. The summed E-state index contributed by atoms with van der Waals surface area (Å²) in [5, 5.41) is 5.10. The second kappa shape index (κ2) is 9.89. The Morgan fingerprint density at radius 1 is 1.12 bits per heavy atom. The second-order valence-corrected chi connectivity index (χ2v) is 9.51. The predicted molar refractivity (Wildman–Crippen MR) is 135 cm³/mol. The molecule has 0 saturated heterocycles. The minimum atomic E-state index is -0.178. The monoisotopic (exact) mass is 472 g/mol. The fraction of sp³-hybridized carbons (Fsp3) is 0.0800. The van der Waals surface area contributed by atoms with Crippen LogP contribution in [0.1, 0.15) is 11.1 Å². The first-order chi connectivity index (χ1) is 16.2. The summed E-state index contributed by atoms with van der Waals surface area (Å²) < 4.78 is 7.91. The molecule has 2 aromatic heterocycles. The van der Waals surface area contributed by atoms with Crippen molar-refractivity contribution < 1.29 is 9.53 Å². The Labute approximate surface area is 198 Å². The maximum absolute atomic E-state index is 12.2. The lowest BCUT2D eigenvalue weighted by molar-refractivity contribution is -0.118. The van der Waals surface area contributed by atoms with E-state index in [1.807, 2.05) is 79.0 Å². The topological polar surface area (TPSA) is 79.4 Å². The average Bonchev–Trinajstić information content (AvgIpc) is 3.45. The minimum absolute atomic E-state index is 0.178. The first-order valence-corrected chi connectivity index (χ1v) is 12.1. The van der Waals surface area contributed by atoms with Gasteiger partial charge in [-0.15, -0.1) is 11.3 Å². The van der Waals surface area contributed by atoms with Crippen molar-refractivity contribution in [3.8, 4) is 5.75 Å². The minimum Gasteiger partial charge on any atom is -0.489 e. The molecule has 0 aliphatic rings. The Morgan fingerprint density at radius 3 is 2.85 bits per heavy atom. The van der Waals surface area contributed by atoms with Crippen LogP contribution in [0.4, 0.5) is 0 Å². The van der Waals surface area contributed by atoms with E-state index in [0.717, 1.165) is 42.3 Å². The van der Waals surface area contributed by atoms with Crippen LogP contribution >= 0.6 is 23.1 Å². The van der Waals surface area contributed by atoms with Crippen LogP contribution in [0.15, 0.2) is 88.4 Å². The van der Waals surface area contributed by atoms with E-state index in [1.165, 1.54) is 11.8 Å². The number of fused-ring (bicyclic) bond motifs is 2. The molecule has 164 valence electrons. The molecule has 6 nitrogen and oxygen atoms in total. The molecule has 0 aliphatic carbocycles. The zero-order valence-corrected chi connectivity index (χ0v) is 19.2. The summed E-state index contributed by atoms with van der Waals surface area (Å²) in [5.74, 6) is 0.849. The number of carbonyl (C=O) groups excluding carboxylic acids is 1. The van der Waals surface area contributed by atoms with Gasteiger partial charge < -0.3 is 9.72 Å². The summed E-state index contributed by atoms with van der Waals surface area (Å²) in [4.78, 5) is 19.9. The van der Waals surface area contributed by atoms with Gasteiger partial charge in [0.05, 0.1) is 22.2 Å². The molecule has 0 saturated carbocycles. The molecule has 1 amide bonds. The molecule has 0 unspecified atom stereocenters. The number of ether oxygens (including phenoxy) is 1. The van der Waals surface area contributed by atoms with Crippen LogP contribution < -0.4 is 10.2 Å². The van der Waals surface area contributed by atoms with Crippen molar-refractivity contribution in [2.24, 2.45) is 5.10 Å². The van der Waals surface area contributed by atoms with Crippen LogP contribution in [0.5, 0.6) is 5.75 Å². The number of thiazole rings is 1. The zero-order chi connectivity index (χ0) is 22.5. The highest BCUT2D eigenvalue weighted by molar-refractivity contribution is 8.01. The molecule has 0 fully saturated rings. The molecule has 0 spiro atoms. The van der Waals surface area contributed by atoms with Gasteiger partial charge in [-0.25, -0.2) is 10.4 Å². The molecule has 2 heterocycles. The number of hydrogen-bond acceptors (Lipinski definition) is 6. The molecule has 0 aliphatic heterocycles. The first kappa shape index (κ1) is 21.2. The van der Waals surface area contributed by atoms with Crippen molar-refractivity contribution >= 4 is 56.3 Å². The van der Waals surface area contributed by atoms with Gasteiger partial charge in [-0.2, -0.15) is 5.10 Å². The van der Waals surface area contributed by atoms with Gasteiger partial charge in [0.2, 0.25) is 0 Å². The lowest BCUT2D eigenvalue weighted by Crippen LogP contribution is -2.19. The van der Waals surface area contributed by atoms with Gasteiger partial charge in [-0.3, -0.25) is 4.79 Å². The molecule has 0 radical (unpaired) electrons. The van der Waals surface area contributed by atoms with Gasteiger partial charge in [0, 0.05) is 22.7 Å². The molecule has 0 atom stereocenters. The summed E-state index contributed by atoms with van der Waals surface area (Å²) >= 11 is 2.99. The zero-order valence-electron chi connectivity index (χ0n) is 17.5. The first-order valence-electron chi connectivity index (χ1n) is 10.3. The number of hydrogen-bond donors (Lipinski definition) is 2. The molecule has 5 rings (SSSR count). The molecule has 0 bridgehead atoms. The third-order valence-electron chi connectivity index (χ3n) is 4.93. The second-order valence-electron chi connectivity index (χ2n) is 7.26. The van der Waals surface area contributed by atoms with Crippen molar-refractivity contribution in [1.82, 2.24) is 15.4 Å². The molecular formula is C25H20N4O2S2. The van der Waals surface area contributed by atoms with E-state index in [1.54, 1.807) is 17.6 Å². The molecule has 33 heavy (non-hydrogen) atoms. The number of hydrazone groups is 1. The van der Waals surface area contributed by atoms with E-state index in [2.05, 4.69) is 20.5 Å². The Morgan fingerprint density at radius 2 is 1.97 bits per heavy atom. The number of benzene rings is 3. The highest BCUT2D eigenvalue weighted by Gasteiger charge is 2.08. The Hall–Kier alpha value is -3.62. The van der Waals surface area contributed by atoms with E-state index < -0.39 is 0 Å². The average molecular weight is 473 g/mol. The normalized spacial score (nSPS) is 11.4. The van der Waals surface area contributed by atoms with Crippen LogP contribution in [-0.4, -0.2) is 27.8 Å². The number of carbonyl (C=O) groups is 1. The van der Waals surface area contributed by atoms with Gasteiger partial charge in [0.15, 0.2) is 4.34 Å². The molecule has 8 heteroatoms. The number of amides is 1. The number of H-pyrrole nitrogens is 1. The highest BCUT2D eigenvalue weighted by Crippen LogP contribution is 2.29. The van der Waals surface area contributed by atoms with Gasteiger partial charge in [-0.1, -0.05) is 54.2 Å². The SMILES string of the molecule is O=C(CSc1nc2ccccc2s1)N/N=C\c1c[nH]c2ccc(OCc3ccccc3)cc12. The summed E-state index contributed by atoms with van der Waals surface area (Å²) in [6.45, 7) is 0.503. The predicted octanol–water partition coefficient (Wildman–Crippen LogP) is 5.60. The highest BCUT2D eigenvalue weighted by atomic mass is 32.2. The van der Waals surface area contributed by atoms with E-state index in [4.69, 9.17) is 4.74 Å². The quantitative estimate of drug-likeness (QED) is 0.175. The lowest BCUT2D eigenvalue weighted by Gasteiger charge is -2.06. The van der Waals surface area contributed by atoms with E-state index >= 15 is 0 Å². The van der Waals surface area contributed by atoms with Crippen molar-refractivity contribution in [1.29, 1.82) is 0 Å². The molecule has 3 aromatic carbocycles. The summed E-state index contributed by atoms with van der Waals surface area (Å²) in [7, 11) is 0. The third kappa shape index (κ3) is 5.24. The summed E-state index contributed by atoms with van der Waals surface area (Å²) in [6.07, 6.45) is 3.50. The third-order valence-corrected chi connectivity index (χ3v) is 7.11. The maximum atomic E-state index is 12.2. The smallest absolute Gasteiger partial charge is 0.250 e. The molecule has 5 aromatic rings. The van der Waals surface area contributed by atoms with E-state index in [9.17, 15) is 4.79 Å². The van der Waals surface area contributed by atoms with E-state index in [-0.39, 0.29) is 11.7 Å². The lowest BCUT2D eigenvalue weighted by atomic mass is 10.2. The number of rotatable bonds is 8. The van der Waals surface area contributed by atoms with Gasteiger partial charge in [0.1, 0.15) is 12.4 Å². The largest absolute Gasteiger partial charge is 0.489 e. The molecular weight excluding hydrogens is 452 g/mol. The summed E-state index contributed by atoms with van der Waals surface area (Å²) in [6, 6.07) is 23.9. The van der Waals surface area contributed by atoms with Crippen LogP contribution in [0.3, 0.4) is 0 Å². The van der Waals surface area contributed by atoms with Crippen LogP contribution in [-0.2, 0) is 11.4 Å². The molecule has 2 N–H and O–H groups in total. The summed E-state index contributed by atoms with van der Waals surface area (Å²) in [5.41, 5.74) is 6.50. The fourth-order valence-electron chi connectivity index (χ4n) is 3.30. The standard InChI is InChI=1S/C25H20N4O2S2/c30-24(16-32-25-28-22-8-4-5-9-23(22)33-25)29-27-14-18-13-26-21-11-10-19(12-20(18)21)31-15-17-6-2-1-3-7-17/h1-14,26H,15-16H2,(H,29,30)/b27-14-. The van der Waals surface area contributed by atoms with E-state index in [0.29, 0.717) is 6.61 Å². The van der Waals surface area contributed by atoms with Gasteiger partial charge in [0.25, 0.3) is 5.91 Å². The fourth-order valence-corrected chi connectivity index (χ4v) is 5.17. The van der Waals surface area contributed by atoms with Crippen molar-refractivity contribution in [3.63, 3.8) is 0 Å². The van der Waals surface area contributed by atoms with Crippen molar-refractivity contribution in [2.45, 2.75) is 10.9 Å². The maximum Gasteiger partial charge on any atom is 0.250 e. The number of para-hydroxylation sites is 1. The Kier molecular flexibility index (Phi) is 6.37. The number of nitrogens with one attached hydrogen (secondary N) is 2. The Bertz CT molecular complexity index is 1390. The number of thioether (sulfide) groups is 1.